The Bertz CT molecular complexity index is 131. The van der Waals surface area contributed by atoms with Gasteiger partial charge in [-0.2, -0.15) is 0 Å². The fourth-order valence-corrected chi connectivity index (χ4v) is 1.71. The van der Waals surface area contributed by atoms with E-state index in [4.69, 9.17) is 14.2 Å². The van der Waals surface area contributed by atoms with Crippen molar-refractivity contribution in [2.24, 2.45) is 11.8 Å². The summed E-state index contributed by atoms with van der Waals surface area (Å²) in [5.74, 6) is 1.37. The van der Waals surface area contributed by atoms with E-state index in [-0.39, 0.29) is 11.8 Å². The molecule has 2 atom stereocenters. The van der Waals surface area contributed by atoms with Gasteiger partial charge >= 0.3 is 0 Å². The Hall–Kier alpha value is -0.160. The van der Waals surface area contributed by atoms with E-state index in [1.807, 2.05) is 20.8 Å². The second-order valence-corrected chi connectivity index (χ2v) is 5.17. The van der Waals surface area contributed by atoms with Gasteiger partial charge in [0.25, 0.3) is 0 Å². The first-order valence-electron chi connectivity index (χ1n) is 7.42. The van der Waals surface area contributed by atoms with Crippen molar-refractivity contribution in [3.63, 3.8) is 0 Å². The van der Waals surface area contributed by atoms with Crippen LogP contribution in [-0.2, 0) is 14.2 Å². The zero-order chi connectivity index (χ0) is 14.0. The maximum atomic E-state index is 5.39. The normalized spacial score (nSPS) is 33.8. The molecule has 2 heterocycles. The van der Waals surface area contributed by atoms with Gasteiger partial charge in [-0.25, -0.2) is 0 Å². The van der Waals surface area contributed by atoms with Gasteiger partial charge in [0.05, 0.1) is 19.3 Å². The average Bonchev–Trinajstić information content (AvgIpc) is 2.40. The molecule has 2 aliphatic heterocycles. The molecule has 118 valence electrons. The van der Waals surface area contributed by atoms with E-state index in [1.165, 1.54) is 12.8 Å². The van der Waals surface area contributed by atoms with Crippen LogP contribution in [0.25, 0.3) is 0 Å². The highest BCUT2D eigenvalue weighted by atomic mass is 16.7. The Kier molecular flexibility index (Phi) is 14.3. The third-order valence-corrected chi connectivity index (χ3v) is 2.96. The van der Waals surface area contributed by atoms with Crippen LogP contribution in [-0.4, -0.2) is 37.7 Å². The summed E-state index contributed by atoms with van der Waals surface area (Å²) in [6.07, 6.45) is 3.14. The van der Waals surface area contributed by atoms with Gasteiger partial charge in [0.2, 0.25) is 0 Å². The molecular formula is C15H34O4. The third-order valence-electron chi connectivity index (χ3n) is 2.96. The van der Waals surface area contributed by atoms with E-state index >= 15 is 0 Å². The van der Waals surface area contributed by atoms with Gasteiger partial charge in [0.1, 0.15) is 0 Å². The fourth-order valence-electron chi connectivity index (χ4n) is 1.71. The van der Waals surface area contributed by atoms with Crippen LogP contribution < -0.4 is 0 Å². The molecule has 0 aromatic heterocycles. The van der Waals surface area contributed by atoms with Crippen molar-refractivity contribution in [2.45, 2.75) is 66.8 Å². The monoisotopic (exact) mass is 278 g/mol. The highest BCUT2D eigenvalue weighted by molar-refractivity contribution is 4.62. The van der Waals surface area contributed by atoms with Crippen molar-refractivity contribution >= 4 is 0 Å². The number of hydrogen-bond acceptors (Lipinski definition) is 3. The molecule has 2 unspecified atom stereocenters. The molecule has 2 saturated heterocycles. The van der Waals surface area contributed by atoms with Crippen molar-refractivity contribution in [1.29, 1.82) is 0 Å². The van der Waals surface area contributed by atoms with Crippen LogP contribution in [0.15, 0.2) is 0 Å². The standard InChI is InChI=1S/C7H14O.C6H12O2.C2H6.H2O/c1-6-3-4-7(2)8-5-6;1-5-3-7-6(2)8-4-5;1-2;/h6-7H,3-5H2,1-2H3;5-6H,3-4H2,1-2H3;1-2H3;1H2. The van der Waals surface area contributed by atoms with Gasteiger partial charge in [-0.1, -0.05) is 27.7 Å². The quantitative estimate of drug-likeness (QED) is 0.684. The number of rotatable bonds is 0. The Balaban J connectivity index is 0. The van der Waals surface area contributed by atoms with E-state index in [2.05, 4.69) is 20.8 Å². The summed E-state index contributed by atoms with van der Waals surface area (Å²) in [4.78, 5) is 0. The summed E-state index contributed by atoms with van der Waals surface area (Å²) >= 11 is 0. The lowest BCUT2D eigenvalue weighted by molar-refractivity contribution is -0.187. The van der Waals surface area contributed by atoms with Gasteiger partial charge in [-0.15, -0.1) is 0 Å². The summed E-state index contributed by atoms with van der Waals surface area (Å²) in [6, 6.07) is 0. The maximum Gasteiger partial charge on any atom is 0.154 e. The Morgan fingerprint density at radius 3 is 1.47 bits per heavy atom. The molecule has 0 saturated carbocycles. The minimum atomic E-state index is 0. The van der Waals surface area contributed by atoms with E-state index in [9.17, 15) is 0 Å². The Morgan fingerprint density at radius 1 is 0.684 bits per heavy atom. The molecule has 2 rings (SSSR count). The van der Waals surface area contributed by atoms with E-state index in [1.54, 1.807) is 0 Å². The first-order chi connectivity index (χ1) is 8.58. The number of ether oxygens (including phenoxy) is 3. The molecule has 0 aliphatic carbocycles. The maximum absolute atomic E-state index is 5.39. The predicted molar refractivity (Wildman–Crippen MR) is 79.3 cm³/mol. The molecule has 19 heavy (non-hydrogen) atoms. The molecule has 0 amide bonds. The molecule has 0 spiro atoms. The van der Waals surface area contributed by atoms with Crippen LogP contribution in [0.5, 0.6) is 0 Å². The minimum absolute atomic E-state index is 0. The van der Waals surface area contributed by atoms with E-state index in [0.29, 0.717) is 12.0 Å². The molecule has 0 aromatic carbocycles. The average molecular weight is 278 g/mol. The van der Waals surface area contributed by atoms with Crippen molar-refractivity contribution in [3.05, 3.63) is 0 Å². The molecule has 2 fully saturated rings. The van der Waals surface area contributed by atoms with Crippen molar-refractivity contribution in [2.75, 3.05) is 19.8 Å². The summed E-state index contributed by atoms with van der Waals surface area (Å²) in [6.45, 7) is 15.1. The summed E-state index contributed by atoms with van der Waals surface area (Å²) in [5, 5.41) is 0. The zero-order valence-electron chi connectivity index (χ0n) is 13.6. The van der Waals surface area contributed by atoms with Crippen molar-refractivity contribution in [3.8, 4) is 0 Å². The summed E-state index contributed by atoms with van der Waals surface area (Å²) in [5.41, 5.74) is 0. The predicted octanol–water partition coefficient (Wildman–Crippen LogP) is 3.04. The van der Waals surface area contributed by atoms with Crippen LogP contribution in [0, 0.1) is 11.8 Å². The van der Waals surface area contributed by atoms with Crippen molar-refractivity contribution < 1.29 is 19.7 Å². The first kappa shape index (κ1) is 21.1. The topological polar surface area (TPSA) is 59.2 Å². The van der Waals surface area contributed by atoms with Crippen LogP contribution in [0.3, 0.4) is 0 Å². The van der Waals surface area contributed by atoms with Gasteiger partial charge in [-0.3, -0.25) is 0 Å². The van der Waals surface area contributed by atoms with Gasteiger partial charge in [0, 0.05) is 12.5 Å². The van der Waals surface area contributed by atoms with E-state index in [0.717, 1.165) is 25.7 Å². The molecule has 4 heteroatoms. The highest BCUT2D eigenvalue weighted by Gasteiger charge is 2.14. The zero-order valence-corrected chi connectivity index (χ0v) is 13.6. The van der Waals surface area contributed by atoms with Crippen molar-refractivity contribution in [1.82, 2.24) is 0 Å². The fraction of sp³-hybridized carbons (Fsp3) is 1.00. The lowest BCUT2D eigenvalue weighted by atomic mass is 10.0. The van der Waals surface area contributed by atoms with Gasteiger partial charge in [0.15, 0.2) is 6.29 Å². The largest absolute Gasteiger partial charge is 0.412 e. The number of hydrogen-bond donors (Lipinski definition) is 0. The third kappa shape index (κ3) is 11.4. The molecule has 0 bridgehead atoms. The SMILES string of the molecule is CC.CC1CCC(C)OC1.CC1COC(C)OC1.O. The highest BCUT2D eigenvalue weighted by Crippen LogP contribution is 2.16. The minimum Gasteiger partial charge on any atom is -0.412 e. The molecule has 4 nitrogen and oxygen atoms in total. The van der Waals surface area contributed by atoms with E-state index < -0.39 is 0 Å². The second-order valence-electron chi connectivity index (χ2n) is 5.17. The molecule has 0 aromatic rings. The molecule has 0 radical (unpaired) electrons. The Labute approximate surface area is 119 Å². The van der Waals surface area contributed by atoms with Crippen LogP contribution in [0.4, 0.5) is 0 Å². The molecule has 2 aliphatic rings. The molecular weight excluding hydrogens is 244 g/mol. The van der Waals surface area contributed by atoms with Crippen LogP contribution >= 0.6 is 0 Å². The second kappa shape index (κ2) is 12.9. The first-order valence-corrected chi connectivity index (χ1v) is 7.42. The van der Waals surface area contributed by atoms with Crippen LogP contribution in [0.1, 0.15) is 54.4 Å². The summed E-state index contributed by atoms with van der Waals surface area (Å²) in [7, 11) is 0. The van der Waals surface area contributed by atoms with Crippen LogP contribution in [0.2, 0.25) is 0 Å². The lowest BCUT2D eigenvalue weighted by Gasteiger charge is -2.24. The van der Waals surface area contributed by atoms with Gasteiger partial charge in [-0.05, 0) is 32.6 Å². The Morgan fingerprint density at radius 2 is 1.16 bits per heavy atom. The molecule has 2 N–H and O–H groups in total. The van der Waals surface area contributed by atoms with Gasteiger partial charge < -0.3 is 19.7 Å². The summed E-state index contributed by atoms with van der Waals surface area (Å²) < 4.78 is 15.7. The smallest absolute Gasteiger partial charge is 0.154 e. The lowest BCUT2D eigenvalue weighted by Crippen LogP contribution is -2.27.